The number of nitrogens with zero attached hydrogens (tertiary/aromatic N) is 1. The van der Waals surface area contributed by atoms with Crippen molar-refractivity contribution in [2.24, 2.45) is 5.92 Å². The molecule has 0 aliphatic carbocycles. The third kappa shape index (κ3) is 8.04. The van der Waals surface area contributed by atoms with Gasteiger partial charge in [0.15, 0.2) is 0 Å². The number of carbonyl (C=O) groups is 2. The van der Waals surface area contributed by atoms with Crippen LogP contribution in [0.3, 0.4) is 0 Å². The summed E-state index contributed by atoms with van der Waals surface area (Å²) < 4.78 is 0. The molecule has 0 radical (unpaired) electrons. The van der Waals surface area contributed by atoms with E-state index >= 15 is 0 Å². The van der Waals surface area contributed by atoms with Crippen LogP contribution >= 0.6 is 23.4 Å². The fourth-order valence-corrected chi connectivity index (χ4v) is 3.99. The molecule has 6 heteroatoms. The van der Waals surface area contributed by atoms with Gasteiger partial charge in [-0.05, 0) is 48.6 Å². The standard InChI is InChI=1S/C24H31ClN2O2S/c1-4-22(24(29)26-16-18(2)3)27(15-14-19-8-6-5-7-9-19)23(28)17-30-21-12-10-20(25)11-13-21/h5-13,18,22H,4,14-17H2,1-3H3,(H,26,29)/t22-/m0/s1. The van der Waals surface area contributed by atoms with Crippen LogP contribution in [0.25, 0.3) is 0 Å². The molecule has 0 spiro atoms. The normalized spacial score (nSPS) is 11.9. The number of hydrogen-bond donors (Lipinski definition) is 1. The summed E-state index contributed by atoms with van der Waals surface area (Å²) in [5, 5.41) is 3.66. The van der Waals surface area contributed by atoms with Crippen molar-refractivity contribution >= 4 is 35.2 Å². The molecule has 0 unspecified atom stereocenters. The first kappa shape index (κ1) is 24.3. The molecule has 30 heavy (non-hydrogen) atoms. The minimum Gasteiger partial charge on any atom is -0.354 e. The van der Waals surface area contributed by atoms with Crippen LogP contribution in [0, 0.1) is 5.92 Å². The molecule has 1 atom stereocenters. The lowest BCUT2D eigenvalue weighted by Crippen LogP contribution is -2.51. The van der Waals surface area contributed by atoms with Gasteiger partial charge in [-0.1, -0.05) is 62.7 Å². The summed E-state index contributed by atoms with van der Waals surface area (Å²) in [6, 6.07) is 17.0. The molecular formula is C24H31ClN2O2S. The minimum absolute atomic E-state index is 0.0302. The first-order valence-electron chi connectivity index (χ1n) is 10.4. The van der Waals surface area contributed by atoms with E-state index in [2.05, 4.69) is 19.2 Å². The maximum atomic E-state index is 13.1. The summed E-state index contributed by atoms with van der Waals surface area (Å²) in [4.78, 5) is 28.7. The second kappa shape index (κ2) is 12.7. The topological polar surface area (TPSA) is 49.4 Å². The van der Waals surface area contributed by atoms with Crippen LogP contribution in [0.15, 0.2) is 59.5 Å². The van der Waals surface area contributed by atoms with Gasteiger partial charge in [0, 0.05) is 23.0 Å². The number of hydrogen-bond acceptors (Lipinski definition) is 3. The average Bonchev–Trinajstić information content (AvgIpc) is 2.75. The van der Waals surface area contributed by atoms with Crippen molar-refractivity contribution in [3.05, 3.63) is 65.2 Å². The van der Waals surface area contributed by atoms with Crippen LogP contribution in [0.5, 0.6) is 0 Å². The molecule has 1 N–H and O–H groups in total. The number of benzene rings is 2. The van der Waals surface area contributed by atoms with E-state index in [1.54, 1.807) is 4.90 Å². The van der Waals surface area contributed by atoms with E-state index in [0.29, 0.717) is 36.9 Å². The Morgan fingerprint density at radius 1 is 1.07 bits per heavy atom. The van der Waals surface area contributed by atoms with Crippen LogP contribution in [0.1, 0.15) is 32.8 Å². The van der Waals surface area contributed by atoms with Crippen molar-refractivity contribution in [1.29, 1.82) is 0 Å². The summed E-state index contributed by atoms with van der Waals surface area (Å²) in [5.74, 6) is 0.534. The average molecular weight is 447 g/mol. The largest absolute Gasteiger partial charge is 0.354 e. The van der Waals surface area contributed by atoms with E-state index < -0.39 is 6.04 Å². The quantitative estimate of drug-likeness (QED) is 0.491. The molecule has 0 aliphatic heterocycles. The van der Waals surface area contributed by atoms with E-state index in [-0.39, 0.29) is 17.6 Å². The predicted octanol–water partition coefficient (Wildman–Crippen LogP) is 5.05. The van der Waals surface area contributed by atoms with Crippen molar-refractivity contribution in [2.45, 2.75) is 44.6 Å². The van der Waals surface area contributed by atoms with Gasteiger partial charge in [0.25, 0.3) is 0 Å². The van der Waals surface area contributed by atoms with Crippen LogP contribution in [0.4, 0.5) is 0 Å². The Bertz CT molecular complexity index is 797. The molecule has 0 saturated carbocycles. The highest BCUT2D eigenvalue weighted by Crippen LogP contribution is 2.21. The van der Waals surface area contributed by atoms with E-state index in [1.807, 2.05) is 61.5 Å². The first-order valence-corrected chi connectivity index (χ1v) is 11.8. The molecule has 2 aromatic carbocycles. The molecule has 0 aliphatic rings. The first-order chi connectivity index (χ1) is 14.4. The van der Waals surface area contributed by atoms with Crippen LogP contribution in [-0.4, -0.2) is 41.6 Å². The van der Waals surface area contributed by atoms with E-state index in [9.17, 15) is 9.59 Å². The number of nitrogens with one attached hydrogen (secondary N) is 1. The summed E-state index contributed by atoms with van der Waals surface area (Å²) in [7, 11) is 0. The zero-order chi connectivity index (χ0) is 21.9. The third-order valence-electron chi connectivity index (χ3n) is 4.73. The van der Waals surface area contributed by atoms with E-state index in [1.165, 1.54) is 11.8 Å². The van der Waals surface area contributed by atoms with Crippen LogP contribution in [0.2, 0.25) is 5.02 Å². The van der Waals surface area contributed by atoms with Gasteiger partial charge in [-0.3, -0.25) is 9.59 Å². The minimum atomic E-state index is -0.467. The molecule has 0 bridgehead atoms. The van der Waals surface area contributed by atoms with Gasteiger partial charge < -0.3 is 10.2 Å². The molecule has 0 fully saturated rings. The molecule has 162 valence electrons. The highest BCUT2D eigenvalue weighted by atomic mass is 35.5. The van der Waals surface area contributed by atoms with Gasteiger partial charge in [0.1, 0.15) is 6.04 Å². The van der Waals surface area contributed by atoms with Gasteiger partial charge in [0.2, 0.25) is 11.8 Å². The molecule has 0 saturated heterocycles. The Morgan fingerprint density at radius 2 is 1.73 bits per heavy atom. The van der Waals surface area contributed by atoms with E-state index in [0.717, 1.165) is 10.5 Å². The maximum Gasteiger partial charge on any atom is 0.242 e. The number of carbonyl (C=O) groups excluding carboxylic acids is 2. The monoisotopic (exact) mass is 446 g/mol. The Morgan fingerprint density at radius 3 is 2.33 bits per heavy atom. The van der Waals surface area contributed by atoms with Crippen LogP contribution < -0.4 is 5.32 Å². The molecular weight excluding hydrogens is 416 g/mol. The number of rotatable bonds is 11. The fourth-order valence-electron chi connectivity index (χ4n) is 3.08. The maximum absolute atomic E-state index is 13.1. The SMILES string of the molecule is CC[C@@H](C(=O)NCC(C)C)N(CCc1ccccc1)C(=O)CSc1ccc(Cl)cc1. The lowest BCUT2D eigenvalue weighted by Gasteiger charge is -2.31. The highest BCUT2D eigenvalue weighted by molar-refractivity contribution is 8.00. The Hall–Kier alpha value is -1.98. The predicted molar refractivity (Wildman–Crippen MR) is 126 cm³/mol. The smallest absolute Gasteiger partial charge is 0.242 e. The fraction of sp³-hybridized carbons (Fsp3) is 0.417. The van der Waals surface area contributed by atoms with Crippen molar-refractivity contribution in [3.8, 4) is 0 Å². The lowest BCUT2D eigenvalue weighted by molar-refractivity contribution is -0.138. The van der Waals surface area contributed by atoms with Crippen LogP contribution in [-0.2, 0) is 16.0 Å². The number of halogens is 1. The number of amides is 2. The van der Waals surface area contributed by atoms with Gasteiger partial charge in [0.05, 0.1) is 5.75 Å². The van der Waals surface area contributed by atoms with Gasteiger partial charge in [-0.25, -0.2) is 0 Å². The second-order valence-corrected chi connectivity index (χ2v) is 9.11. The molecule has 2 rings (SSSR count). The van der Waals surface area contributed by atoms with E-state index in [4.69, 9.17) is 11.6 Å². The van der Waals surface area contributed by atoms with Crippen molar-refractivity contribution in [1.82, 2.24) is 10.2 Å². The van der Waals surface area contributed by atoms with Gasteiger partial charge in [-0.15, -0.1) is 11.8 Å². The van der Waals surface area contributed by atoms with Gasteiger partial charge >= 0.3 is 0 Å². The summed E-state index contributed by atoms with van der Waals surface area (Å²) in [6.07, 6.45) is 1.29. The summed E-state index contributed by atoms with van der Waals surface area (Å²) in [5.41, 5.74) is 1.15. The second-order valence-electron chi connectivity index (χ2n) is 7.63. The number of thioether (sulfide) groups is 1. The molecule has 4 nitrogen and oxygen atoms in total. The zero-order valence-electron chi connectivity index (χ0n) is 17.9. The lowest BCUT2D eigenvalue weighted by atomic mass is 10.1. The molecule has 0 aromatic heterocycles. The van der Waals surface area contributed by atoms with Gasteiger partial charge in [-0.2, -0.15) is 0 Å². The van der Waals surface area contributed by atoms with Crippen molar-refractivity contribution in [3.63, 3.8) is 0 Å². The highest BCUT2D eigenvalue weighted by Gasteiger charge is 2.28. The summed E-state index contributed by atoms with van der Waals surface area (Å²) in [6.45, 7) is 7.19. The van der Waals surface area contributed by atoms with Crippen molar-refractivity contribution in [2.75, 3.05) is 18.8 Å². The zero-order valence-corrected chi connectivity index (χ0v) is 19.5. The molecule has 2 amide bonds. The Kier molecular flexibility index (Phi) is 10.2. The Balaban J connectivity index is 2.09. The Labute approximate surface area is 189 Å². The molecule has 2 aromatic rings. The molecule has 0 heterocycles. The third-order valence-corrected chi connectivity index (χ3v) is 5.98. The van der Waals surface area contributed by atoms with Crippen molar-refractivity contribution < 1.29 is 9.59 Å². The summed E-state index contributed by atoms with van der Waals surface area (Å²) >= 11 is 7.41.